The molecule has 7 rings (SSSR count). The number of Topliss-reactive ketones (excluding diaryl/α,β-unsaturated/α-hetero) is 1. The number of fused-ring (bicyclic) bond motifs is 8. The van der Waals surface area contributed by atoms with Gasteiger partial charge in [-0.1, -0.05) is 78.3 Å². The molecule has 8 heteroatoms. The molecule has 8 nitrogen and oxygen atoms in total. The number of carbonyl (C=O) groups excluding carboxylic acids is 2. The van der Waals surface area contributed by atoms with E-state index < -0.39 is 45.8 Å². The molecule has 306 valence electrons. The van der Waals surface area contributed by atoms with Gasteiger partial charge in [0.2, 0.25) is 0 Å². The van der Waals surface area contributed by atoms with Gasteiger partial charge in [-0.15, -0.1) is 0 Å². The van der Waals surface area contributed by atoms with Gasteiger partial charge in [0.1, 0.15) is 6.10 Å². The summed E-state index contributed by atoms with van der Waals surface area (Å²) in [5.74, 6) is -0.659. The minimum atomic E-state index is -1.22. The molecule has 56 heavy (non-hydrogen) atoms. The zero-order valence-electron chi connectivity index (χ0n) is 35.7. The standard InChI is InChI=1S/C48H68N2O6/c1-30(2)39-34(51)26-47(36(52)29-50-25-17-31-12-10-11-13-32(31)28-50)21-19-44(7)33(40(39)47)14-15-35-45(44,8)20-22-48(23-24-49)43(5,6)37(16-18-46(35,48)9)56-38(53)27-42(3,4)41(54)55/h10-13,30,33,35-37,52H,14-23,25-29H2,1-9H3,(H,54,55). The van der Waals surface area contributed by atoms with Gasteiger partial charge in [0, 0.05) is 43.3 Å². The van der Waals surface area contributed by atoms with Gasteiger partial charge in [0.25, 0.3) is 0 Å². The molecule has 0 bridgehead atoms. The van der Waals surface area contributed by atoms with Gasteiger partial charge in [-0.2, -0.15) is 5.26 Å². The summed E-state index contributed by atoms with van der Waals surface area (Å²) in [6.07, 6.45) is 7.55. The van der Waals surface area contributed by atoms with E-state index in [9.17, 15) is 29.9 Å². The number of allylic oxidation sites excluding steroid dienone is 1. The molecule has 0 spiro atoms. The second-order valence-electron chi connectivity index (χ2n) is 21.5. The van der Waals surface area contributed by atoms with Crippen LogP contribution in [0.4, 0.5) is 0 Å². The number of hydrogen-bond acceptors (Lipinski definition) is 7. The number of ether oxygens (including phenoxy) is 1. The summed E-state index contributed by atoms with van der Waals surface area (Å²) in [5.41, 5.74) is 1.97. The van der Waals surface area contributed by atoms with Crippen molar-refractivity contribution in [2.75, 3.05) is 13.1 Å². The highest BCUT2D eigenvalue weighted by Crippen LogP contribution is 2.80. The molecule has 2 N–H and O–H groups in total. The first-order valence-electron chi connectivity index (χ1n) is 21.7. The topological polar surface area (TPSA) is 128 Å². The van der Waals surface area contributed by atoms with Crippen LogP contribution in [0.3, 0.4) is 0 Å². The van der Waals surface area contributed by atoms with E-state index in [1.165, 1.54) is 16.7 Å². The average molecular weight is 769 g/mol. The highest BCUT2D eigenvalue weighted by atomic mass is 16.5. The monoisotopic (exact) mass is 769 g/mol. The summed E-state index contributed by atoms with van der Waals surface area (Å²) in [5, 5.41) is 32.8. The van der Waals surface area contributed by atoms with Gasteiger partial charge in [-0.05, 0) is 128 Å². The van der Waals surface area contributed by atoms with E-state index in [0.29, 0.717) is 31.7 Å². The maximum Gasteiger partial charge on any atom is 0.309 e. The smallest absolute Gasteiger partial charge is 0.309 e. The number of β-amino-alcohol motifs (C(OH)–C–C–N with tert-alkyl or cyclic N) is 1. The molecule has 0 saturated heterocycles. The number of esters is 1. The van der Waals surface area contributed by atoms with Crippen LogP contribution in [-0.2, 0) is 32.1 Å². The predicted molar refractivity (Wildman–Crippen MR) is 216 cm³/mol. The van der Waals surface area contributed by atoms with Crippen LogP contribution in [0.15, 0.2) is 35.4 Å². The van der Waals surface area contributed by atoms with Crippen LogP contribution in [0.2, 0.25) is 0 Å². The Balaban J connectivity index is 1.21. The van der Waals surface area contributed by atoms with Crippen molar-refractivity contribution in [3.05, 3.63) is 46.5 Å². The molecule has 5 aliphatic carbocycles. The fourth-order valence-electron chi connectivity index (χ4n) is 14.7. The molecule has 1 aromatic rings. The molecular formula is C48H68N2O6. The van der Waals surface area contributed by atoms with Gasteiger partial charge in [0.15, 0.2) is 5.78 Å². The number of hydrogen-bond donors (Lipinski definition) is 2. The summed E-state index contributed by atoms with van der Waals surface area (Å²) in [7, 11) is 0. The van der Waals surface area contributed by atoms with E-state index in [1.54, 1.807) is 13.8 Å². The zero-order valence-corrected chi connectivity index (χ0v) is 35.7. The van der Waals surface area contributed by atoms with E-state index >= 15 is 0 Å². The highest BCUT2D eigenvalue weighted by Gasteiger charge is 2.74. The van der Waals surface area contributed by atoms with Crippen molar-refractivity contribution in [1.29, 1.82) is 5.26 Å². The normalized spacial score (nSPS) is 38.4. The number of carboxylic acid groups (broad SMARTS) is 1. The van der Waals surface area contributed by atoms with Crippen molar-refractivity contribution in [2.45, 2.75) is 158 Å². The Morgan fingerprint density at radius 2 is 1.64 bits per heavy atom. The summed E-state index contributed by atoms with van der Waals surface area (Å²) in [6, 6.07) is 11.3. The minimum absolute atomic E-state index is 0.0663. The van der Waals surface area contributed by atoms with Crippen molar-refractivity contribution in [2.24, 2.45) is 55.7 Å². The van der Waals surface area contributed by atoms with Crippen LogP contribution in [0, 0.1) is 67.0 Å². The number of nitrogens with zero attached hydrogens (tertiary/aromatic N) is 2. The van der Waals surface area contributed by atoms with E-state index in [0.717, 1.165) is 70.0 Å². The Hall–Kier alpha value is -3.02. The minimum Gasteiger partial charge on any atom is -0.481 e. The Kier molecular flexibility index (Phi) is 10.1. The molecule has 9 unspecified atom stereocenters. The Bertz CT molecular complexity index is 1860. The lowest BCUT2D eigenvalue weighted by Crippen LogP contribution is -2.70. The number of carbonyl (C=O) groups is 3. The number of benzene rings is 1. The third-order valence-electron chi connectivity index (χ3n) is 18.2. The SMILES string of the molecule is CC(C)C1=C2C3CCC4C(C)(CCC5(CC#N)C(C)(C)C(OC(=O)CC(C)(C)C(=O)O)CCC45C)C3(C)CCC2(C(O)CN2CCc3ccccc3C2)CC1=O. The first-order chi connectivity index (χ1) is 26.1. The van der Waals surface area contributed by atoms with Crippen molar-refractivity contribution >= 4 is 17.7 Å². The van der Waals surface area contributed by atoms with Crippen LogP contribution < -0.4 is 0 Å². The third-order valence-corrected chi connectivity index (χ3v) is 18.2. The maximum absolute atomic E-state index is 14.3. The molecule has 1 aliphatic heterocycles. The molecule has 6 aliphatic rings. The third kappa shape index (κ3) is 5.74. The maximum atomic E-state index is 14.3. The predicted octanol–water partition coefficient (Wildman–Crippen LogP) is 9.08. The van der Waals surface area contributed by atoms with Crippen LogP contribution in [0.5, 0.6) is 0 Å². The Morgan fingerprint density at radius 1 is 0.964 bits per heavy atom. The highest BCUT2D eigenvalue weighted by molar-refractivity contribution is 6.00. The quantitative estimate of drug-likeness (QED) is 0.238. The van der Waals surface area contributed by atoms with E-state index in [-0.39, 0.29) is 40.3 Å². The molecule has 1 aromatic carbocycles. The van der Waals surface area contributed by atoms with Crippen LogP contribution in [0.25, 0.3) is 0 Å². The van der Waals surface area contributed by atoms with Crippen molar-refractivity contribution in [1.82, 2.24) is 4.90 Å². The second kappa shape index (κ2) is 13.8. The van der Waals surface area contributed by atoms with Crippen LogP contribution >= 0.6 is 0 Å². The first kappa shape index (κ1) is 41.2. The van der Waals surface area contributed by atoms with E-state index in [2.05, 4.69) is 83.7 Å². The number of aliphatic hydroxyl groups is 1. The van der Waals surface area contributed by atoms with Crippen LogP contribution in [0.1, 0.15) is 144 Å². The van der Waals surface area contributed by atoms with Gasteiger partial charge in [-0.25, -0.2) is 0 Å². The molecule has 0 amide bonds. The number of aliphatic hydroxyl groups excluding tert-OH is 1. The molecule has 0 aromatic heterocycles. The first-order valence-corrected chi connectivity index (χ1v) is 21.7. The number of aliphatic carboxylic acids is 1. The summed E-state index contributed by atoms with van der Waals surface area (Å²) in [4.78, 5) is 41.8. The molecular weight excluding hydrogens is 701 g/mol. The molecule has 9 atom stereocenters. The summed E-state index contributed by atoms with van der Waals surface area (Å²) < 4.78 is 6.24. The van der Waals surface area contributed by atoms with Crippen molar-refractivity contribution in [3.63, 3.8) is 0 Å². The lowest BCUT2D eigenvalue weighted by Gasteiger charge is -2.75. The molecule has 1 heterocycles. The molecule has 4 saturated carbocycles. The number of rotatable bonds is 9. The van der Waals surface area contributed by atoms with Crippen LogP contribution in [-0.4, -0.2) is 58.1 Å². The van der Waals surface area contributed by atoms with Crippen molar-refractivity contribution < 1.29 is 29.3 Å². The zero-order chi connectivity index (χ0) is 40.9. The van der Waals surface area contributed by atoms with Gasteiger partial charge < -0.3 is 14.9 Å². The average Bonchev–Trinajstić information content (AvgIpc) is 3.44. The van der Waals surface area contributed by atoms with E-state index in [4.69, 9.17) is 4.74 Å². The number of carboxylic acids is 1. The van der Waals surface area contributed by atoms with E-state index in [1.807, 2.05) is 0 Å². The largest absolute Gasteiger partial charge is 0.481 e. The lowest BCUT2D eigenvalue weighted by atomic mass is 9.29. The molecule has 4 fully saturated rings. The van der Waals surface area contributed by atoms with Gasteiger partial charge in [-0.3, -0.25) is 19.3 Å². The van der Waals surface area contributed by atoms with Gasteiger partial charge >= 0.3 is 11.9 Å². The Morgan fingerprint density at radius 3 is 2.30 bits per heavy atom. The summed E-state index contributed by atoms with van der Waals surface area (Å²) in [6.45, 7) is 21.6. The molecule has 0 radical (unpaired) electrons. The summed E-state index contributed by atoms with van der Waals surface area (Å²) >= 11 is 0. The Labute approximate surface area is 335 Å². The fraction of sp³-hybridized carbons (Fsp3) is 0.750. The number of ketones is 1. The number of nitriles is 1. The lowest BCUT2D eigenvalue weighted by molar-refractivity contribution is -0.276. The van der Waals surface area contributed by atoms with Crippen molar-refractivity contribution in [3.8, 4) is 6.07 Å². The second-order valence-corrected chi connectivity index (χ2v) is 21.5. The fourth-order valence-corrected chi connectivity index (χ4v) is 14.7. The van der Waals surface area contributed by atoms with Gasteiger partial charge in [0.05, 0.1) is 24.0 Å².